The van der Waals surface area contributed by atoms with Crippen molar-refractivity contribution in [1.82, 2.24) is 10.2 Å². The number of nitrogens with one attached hydrogen (secondary N) is 1. The van der Waals surface area contributed by atoms with E-state index in [0.29, 0.717) is 24.2 Å². The first kappa shape index (κ1) is 16.6. The summed E-state index contributed by atoms with van der Waals surface area (Å²) in [7, 11) is 0. The largest absolute Gasteiger partial charge is 0.480 e. The van der Waals surface area contributed by atoms with Crippen molar-refractivity contribution < 1.29 is 27.9 Å². The molecule has 0 bridgehead atoms. The molecule has 1 atom stereocenters. The third-order valence-corrected chi connectivity index (χ3v) is 3.04. The van der Waals surface area contributed by atoms with Gasteiger partial charge in [0.1, 0.15) is 12.6 Å². The molecule has 0 aromatic carbocycles. The van der Waals surface area contributed by atoms with Crippen LogP contribution in [0.1, 0.15) is 39.0 Å². The molecular formula is C12H19F3N2O3. The summed E-state index contributed by atoms with van der Waals surface area (Å²) >= 11 is 0. The van der Waals surface area contributed by atoms with Gasteiger partial charge in [-0.25, -0.2) is 9.59 Å². The molecule has 1 fully saturated rings. The highest BCUT2D eigenvalue weighted by Crippen LogP contribution is 2.30. The van der Waals surface area contributed by atoms with Crippen LogP contribution < -0.4 is 5.32 Å². The predicted molar refractivity (Wildman–Crippen MR) is 65.3 cm³/mol. The molecule has 1 aliphatic rings. The second-order valence-electron chi connectivity index (χ2n) is 4.96. The van der Waals surface area contributed by atoms with Crippen LogP contribution in [0, 0.1) is 0 Å². The van der Waals surface area contributed by atoms with E-state index in [1.54, 1.807) is 0 Å². The number of carboxylic acid groups (broad SMARTS) is 1. The number of nitrogens with zero attached hydrogens (tertiary/aromatic N) is 1. The van der Waals surface area contributed by atoms with Crippen molar-refractivity contribution in [2.45, 2.75) is 57.3 Å². The summed E-state index contributed by atoms with van der Waals surface area (Å²) in [6, 6.07) is -2.53. The average molecular weight is 296 g/mol. The molecule has 0 saturated heterocycles. The highest BCUT2D eigenvalue weighted by Gasteiger charge is 2.41. The smallest absolute Gasteiger partial charge is 0.406 e. The molecule has 2 N–H and O–H groups in total. The Morgan fingerprint density at radius 1 is 1.40 bits per heavy atom. The fourth-order valence-electron chi connectivity index (χ4n) is 1.84. The number of carbonyl (C=O) groups excluding carboxylic acids is 1. The minimum atomic E-state index is -4.48. The molecule has 0 aliphatic heterocycles. The van der Waals surface area contributed by atoms with Crippen LogP contribution in [0.15, 0.2) is 0 Å². The molecular weight excluding hydrogens is 277 g/mol. The number of rotatable bonds is 7. The minimum Gasteiger partial charge on any atom is -0.480 e. The summed E-state index contributed by atoms with van der Waals surface area (Å²) in [4.78, 5) is 23.5. The number of amides is 2. The predicted octanol–water partition coefficient (Wildman–Crippen LogP) is 2.37. The van der Waals surface area contributed by atoms with E-state index in [1.807, 2.05) is 6.92 Å². The van der Waals surface area contributed by atoms with Gasteiger partial charge in [0.05, 0.1) is 0 Å². The van der Waals surface area contributed by atoms with Crippen LogP contribution in [0.25, 0.3) is 0 Å². The lowest BCUT2D eigenvalue weighted by molar-refractivity contribution is -0.141. The van der Waals surface area contributed by atoms with Crippen LogP contribution in [0.5, 0.6) is 0 Å². The first-order valence-corrected chi connectivity index (χ1v) is 6.61. The van der Waals surface area contributed by atoms with E-state index in [-0.39, 0.29) is 6.42 Å². The second kappa shape index (κ2) is 6.81. The van der Waals surface area contributed by atoms with Gasteiger partial charge in [0.15, 0.2) is 0 Å². The average Bonchev–Trinajstić information content (AvgIpc) is 3.13. The first-order chi connectivity index (χ1) is 9.24. The molecule has 1 unspecified atom stereocenters. The summed E-state index contributed by atoms with van der Waals surface area (Å²) in [5.74, 6) is -1.23. The number of aliphatic carboxylic acids is 1. The van der Waals surface area contributed by atoms with Crippen molar-refractivity contribution in [3.63, 3.8) is 0 Å². The third kappa shape index (κ3) is 5.66. The number of unbranched alkanes of at least 4 members (excludes halogenated alkanes) is 1. The number of hydrogen-bond donors (Lipinski definition) is 2. The molecule has 0 heterocycles. The van der Waals surface area contributed by atoms with Gasteiger partial charge in [0.2, 0.25) is 0 Å². The molecule has 1 saturated carbocycles. The maximum atomic E-state index is 12.4. The maximum absolute atomic E-state index is 12.4. The number of urea groups is 1. The SMILES string of the molecule is CCCCC(NC(=O)N(CC(F)(F)F)C1CC1)C(=O)O. The first-order valence-electron chi connectivity index (χ1n) is 6.61. The van der Waals surface area contributed by atoms with Gasteiger partial charge in [0.25, 0.3) is 0 Å². The van der Waals surface area contributed by atoms with E-state index in [1.165, 1.54) is 0 Å². The number of halogens is 3. The number of alkyl halides is 3. The van der Waals surface area contributed by atoms with Crippen molar-refractivity contribution >= 4 is 12.0 Å². The second-order valence-corrected chi connectivity index (χ2v) is 4.96. The lowest BCUT2D eigenvalue weighted by Crippen LogP contribution is -2.51. The zero-order valence-electron chi connectivity index (χ0n) is 11.2. The van der Waals surface area contributed by atoms with Crippen molar-refractivity contribution in [2.75, 3.05) is 6.54 Å². The van der Waals surface area contributed by atoms with E-state index in [2.05, 4.69) is 5.32 Å². The summed E-state index contributed by atoms with van der Waals surface area (Å²) in [6.45, 7) is 0.518. The highest BCUT2D eigenvalue weighted by atomic mass is 19.4. The molecule has 20 heavy (non-hydrogen) atoms. The van der Waals surface area contributed by atoms with Crippen LogP contribution in [0.2, 0.25) is 0 Å². The fourth-order valence-corrected chi connectivity index (χ4v) is 1.84. The Labute approximate surface area is 115 Å². The fraction of sp³-hybridized carbons (Fsp3) is 0.833. The van der Waals surface area contributed by atoms with E-state index in [0.717, 1.165) is 6.42 Å². The highest BCUT2D eigenvalue weighted by molar-refractivity contribution is 5.82. The van der Waals surface area contributed by atoms with Gasteiger partial charge in [-0.3, -0.25) is 0 Å². The number of hydrogen-bond acceptors (Lipinski definition) is 2. The zero-order valence-corrected chi connectivity index (χ0v) is 11.2. The Hall–Kier alpha value is -1.47. The third-order valence-electron chi connectivity index (χ3n) is 3.04. The topological polar surface area (TPSA) is 69.6 Å². The van der Waals surface area contributed by atoms with E-state index < -0.39 is 36.8 Å². The van der Waals surface area contributed by atoms with E-state index >= 15 is 0 Å². The summed E-state index contributed by atoms with van der Waals surface area (Å²) < 4.78 is 37.2. The normalized spacial score (nSPS) is 16.6. The molecule has 0 aromatic heterocycles. The van der Waals surface area contributed by atoms with Crippen LogP contribution >= 0.6 is 0 Å². The van der Waals surface area contributed by atoms with E-state index in [4.69, 9.17) is 5.11 Å². The van der Waals surface area contributed by atoms with Crippen molar-refractivity contribution in [3.05, 3.63) is 0 Å². The summed E-state index contributed by atoms with van der Waals surface area (Å²) in [6.07, 6.45) is -1.90. The van der Waals surface area contributed by atoms with Gasteiger partial charge in [-0.1, -0.05) is 19.8 Å². The Bertz CT molecular complexity index is 356. The lowest BCUT2D eigenvalue weighted by atomic mass is 10.1. The van der Waals surface area contributed by atoms with Crippen LogP contribution in [-0.4, -0.2) is 46.8 Å². The summed E-state index contributed by atoms with van der Waals surface area (Å²) in [5.41, 5.74) is 0. The quantitative estimate of drug-likeness (QED) is 0.757. The van der Waals surface area contributed by atoms with Gasteiger partial charge in [-0.15, -0.1) is 0 Å². The molecule has 5 nitrogen and oxygen atoms in total. The maximum Gasteiger partial charge on any atom is 0.406 e. The van der Waals surface area contributed by atoms with E-state index in [9.17, 15) is 22.8 Å². The van der Waals surface area contributed by atoms with Crippen molar-refractivity contribution in [2.24, 2.45) is 0 Å². The molecule has 0 radical (unpaired) electrons. The summed E-state index contributed by atoms with van der Waals surface area (Å²) in [5, 5.41) is 11.1. The zero-order chi connectivity index (χ0) is 15.3. The molecule has 8 heteroatoms. The van der Waals surface area contributed by atoms with Gasteiger partial charge in [0, 0.05) is 6.04 Å². The van der Waals surface area contributed by atoms with Crippen LogP contribution in [0.3, 0.4) is 0 Å². The van der Waals surface area contributed by atoms with Crippen molar-refractivity contribution in [3.8, 4) is 0 Å². The lowest BCUT2D eigenvalue weighted by Gasteiger charge is -2.26. The van der Waals surface area contributed by atoms with Crippen LogP contribution in [-0.2, 0) is 4.79 Å². The molecule has 0 spiro atoms. The Kier molecular flexibility index (Phi) is 5.64. The van der Waals surface area contributed by atoms with Crippen molar-refractivity contribution in [1.29, 1.82) is 0 Å². The molecule has 0 aromatic rings. The standard InChI is InChI=1S/C12H19F3N2O3/c1-2-3-4-9(10(18)19)16-11(20)17(8-5-6-8)7-12(13,14)15/h8-9H,2-7H2,1H3,(H,16,20)(H,18,19). The van der Waals surface area contributed by atoms with Gasteiger partial charge in [-0.05, 0) is 19.3 Å². The Morgan fingerprint density at radius 3 is 2.40 bits per heavy atom. The molecule has 1 rings (SSSR count). The van der Waals surface area contributed by atoms with Gasteiger partial charge in [-0.2, -0.15) is 13.2 Å². The molecule has 1 aliphatic carbocycles. The van der Waals surface area contributed by atoms with Gasteiger partial charge < -0.3 is 15.3 Å². The molecule has 2 amide bonds. The minimum absolute atomic E-state index is 0.210. The Morgan fingerprint density at radius 2 is 2.00 bits per heavy atom. The number of carboxylic acids is 1. The van der Waals surface area contributed by atoms with Crippen LogP contribution in [0.4, 0.5) is 18.0 Å². The number of carbonyl (C=O) groups is 2. The Balaban J connectivity index is 2.61. The monoisotopic (exact) mass is 296 g/mol. The van der Waals surface area contributed by atoms with Gasteiger partial charge >= 0.3 is 18.2 Å². The molecule has 116 valence electrons.